The molecule has 0 saturated heterocycles. The van der Waals surface area contributed by atoms with Crippen molar-refractivity contribution in [2.24, 2.45) is 0 Å². The van der Waals surface area contributed by atoms with E-state index in [1.807, 2.05) is 24.3 Å². The van der Waals surface area contributed by atoms with Crippen LogP contribution in [0, 0.1) is 0 Å². The zero-order valence-electron chi connectivity index (χ0n) is 9.78. The fourth-order valence-electron chi connectivity index (χ4n) is 1.34. The van der Waals surface area contributed by atoms with Crippen LogP contribution >= 0.6 is 0 Å². The first-order valence-electron chi connectivity index (χ1n) is 5.28. The highest BCUT2D eigenvalue weighted by Gasteiger charge is 2.12. The van der Waals surface area contributed by atoms with E-state index in [0.717, 1.165) is 11.3 Å². The number of carbonyl (C=O) groups excluding carboxylic acids is 1. The minimum absolute atomic E-state index is 0.0496. The smallest absolute Gasteiger partial charge is 0.169 e. The number of benzene rings is 1. The maximum atomic E-state index is 11.1. The monoisotopic (exact) mass is 206 g/mol. The Labute approximate surface area is 91.3 Å². The molecule has 1 atom stereocenters. The van der Waals surface area contributed by atoms with Crippen molar-refractivity contribution < 1.29 is 9.53 Å². The van der Waals surface area contributed by atoms with Crippen molar-refractivity contribution in [2.45, 2.75) is 39.7 Å². The van der Waals surface area contributed by atoms with Crippen molar-refractivity contribution in [3.63, 3.8) is 0 Å². The SMILES string of the molecule is CC(=O)C(C)Oc1ccccc1C(C)C. The van der Waals surface area contributed by atoms with Crippen molar-refractivity contribution in [1.29, 1.82) is 0 Å². The highest BCUT2D eigenvalue weighted by Crippen LogP contribution is 2.26. The van der Waals surface area contributed by atoms with Crippen LogP contribution in [-0.2, 0) is 4.79 Å². The minimum Gasteiger partial charge on any atom is -0.483 e. The first kappa shape index (κ1) is 11.8. The molecule has 0 aliphatic rings. The molecule has 82 valence electrons. The van der Waals surface area contributed by atoms with Gasteiger partial charge in [-0.05, 0) is 31.4 Å². The van der Waals surface area contributed by atoms with E-state index in [1.54, 1.807) is 13.8 Å². The maximum Gasteiger partial charge on any atom is 0.169 e. The Morgan fingerprint density at radius 1 is 1.20 bits per heavy atom. The quantitative estimate of drug-likeness (QED) is 0.756. The highest BCUT2D eigenvalue weighted by atomic mass is 16.5. The lowest BCUT2D eigenvalue weighted by molar-refractivity contribution is -0.122. The van der Waals surface area contributed by atoms with Gasteiger partial charge in [0.2, 0.25) is 0 Å². The fraction of sp³-hybridized carbons (Fsp3) is 0.462. The van der Waals surface area contributed by atoms with Gasteiger partial charge in [-0.1, -0.05) is 32.0 Å². The van der Waals surface area contributed by atoms with Crippen molar-refractivity contribution in [3.05, 3.63) is 29.8 Å². The predicted molar refractivity (Wildman–Crippen MR) is 61.3 cm³/mol. The van der Waals surface area contributed by atoms with Crippen LogP contribution in [0.4, 0.5) is 0 Å². The topological polar surface area (TPSA) is 26.3 Å². The molecule has 0 saturated carbocycles. The first-order valence-corrected chi connectivity index (χ1v) is 5.28. The van der Waals surface area contributed by atoms with E-state index in [0.29, 0.717) is 5.92 Å². The second-order valence-corrected chi connectivity index (χ2v) is 4.06. The molecule has 1 rings (SSSR count). The van der Waals surface area contributed by atoms with E-state index in [4.69, 9.17) is 4.74 Å². The summed E-state index contributed by atoms with van der Waals surface area (Å²) >= 11 is 0. The van der Waals surface area contributed by atoms with E-state index >= 15 is 0 Å². The van der Waals surface area contributed by atoms with Gasteiger partial charge in [-0.15, -0.1) is 0 Å². The van der Waals surface area contributed by atoms with Crippen LogP contribution in [0.5, 0.6) is 5.75 Å². The lowest BCUT2D eigenvalue weighted by atomic mass is 10.0. The summed E-state index contributed by atoms with van der Waals surface area (Å²) in [7, 11) is 0. The van der Waals surface area contributed by atoms with Gasteiger partial charge in [0.1, 0.15) is 5.75 Å². The average molecular weight is 206 g/mol. The normalized spacial score (nSPS) is 12.6. The fourth-order valence-corrected chi connectivity index (χ4v) is 1.34. The number of hydrogen-bond donors (Lipinski definition) is 0. The Balaban J connectivity index is 2.89. The summed E-state index contributed by atoms with van der Waals surface area (Å²) in [5.41, 5.74) is 1.14. The molecule has 0 radical (unpaired) electrons. The average Bonchev–Trinajstić information content (AvgIpc) is 2.18. The molecule has 2 nitrogen and oxygen atoms in total. The highest BCUT2D eigenvalue weighted by molar-refractivity contribution is 5.80. The number of para-hydroxylation sites is 1. The van der Waals surface area contributed by atoms with Crippen LogP contribution in [0.15, 0.2) is 24.3 Å². The van der Waals surface area contributed by atoms with Crippen LogP contribution in [0.25, 0.3) is 0 Å². The third kappa shape index (κ3) is 3.08. The van der Waals surface area contributed by atoms with Gasteiger partial charge in [-0.3, -0.25) is 4.79 Å². The molecule has 0 N–H and O–H groups in total. The van der Waals surface area contributed by atoms with Crippen LogP contribution in [0.3, 0.4) is 0 Å². The molecule has 0 spiro atoms. The minimum atomic E-state index is -0.370. The molecular formula is C13H18O2. The van der Waals surface area contributed by atoms with Crippen molar-refractivity contribution in [3.8, 4) is 5.75 Å². The van der Waals surface area contributed by atoms with Gasteiger partial charge < -0.3 is 4.74 Å². The lowest BCUT2D eigenvalue weighted by Crippen LogP contribution is -2.21. The van der Waals surface area contributed by atoms with Crippen molar-refractivity contribution in [2.75, 3.05) is 0 Å². The number of rotatable bonds is 4. The van der Waals surface area contributed by atoms with Crippen LogP contribution in [0.2, 0.25) is 0 Å². The first-order chi connectivity index (χ1) is 7.02. The lowest BCUT2D eigenvalue weighted by Gasteiger charge is -2.16. The van der Waals surface area contributed by atoms with E-state index in [1.165, 1.54) is 0 Å². The third-order valence-corrected chi connectivity index (χ3v) is 2.42. The van der Waals surface area contributed by atoms with Crippen molar-refractivity contribution in [1.82, 2.24) is 0 Å². The third-order valence-electron chi connectivity index (χ3n) is 2.42. The summed E-state index contributed by atoms with van der Waals surface area (Å²) in [5, 5.41) is 0. The molecule has 0 bridgehead atoms. The molecule has 2 heteroatoms. The molecule has 0 aliphatic carbocycles. The molecular weight excluding hydrogens is 188 g/mol. The zero-order valence-corrected chi connectivity index (χ0v) is 9.78. The molecule has 0 amide bonds. The van der Waals surface area contributed by atoms with Gasteiger partial charge in [0.15, 0.2) is 11.9 Å². The predicted octanol–water partition coefficient (Wildman–Crippen LogP) is 3.17. The summed E-state index contributed by atoms with van der Waals surface area (Å²) in [6, 6.07) is 7.86. The molecule has 0 fully saturated rings. The van der Waals surface area contributed by atoms with E-state index in [9.17, 15) is 4.79 Å². The Hall–Kier alpha value is -1.31. The van der Waals surface area contributed by atoms with Gasteiger partial charge in [0.25, 0.3) is 0 Å². The van der Waals surface area contributed by atoms with Crippen LogP contribution in [-0.4, -0.2) is 11.9 Å². The summed E-state index contributed by atoms with van der Waals surface area (Å²) < 4.78 is 5.62. The Bertz CT molecular complexity index is 342. The molecule has 1 aromatic carbocycles. The van der Waals surface area contributed by atoms with Gasteiger partial charge in [-0.2, -0.15) is 0 Å². The second kappa shape index (κ2) is 4.96. The summed E-state index contributed by atoms with van der Waals surface area (Å²) in [6.45, 7) is 7.54. The largest absolute Gasteiger partial charge is 0.483 e. The Morgan fingerprint density at radius 2 is 1.80 bits per heavy atom. The van der Waals surface area contributed by atoms with Gasteiger partial charge in [0.05, 0.1) is 0 Å². The van der Waals surface area contributed by atoms with E-state index in [-0.39, 0.29) is 11.9 Å². The molecule has 0 aromatic heterocycles. The number of Topliss-reactive ketones (excluding diaryl/α,β-unsaturated/α-hetero) is 1. The molecule has 0 heterocycles. The van der Waals surface area contributed by atoms with Crippen molar-refractivity contribution >= 4 is 5.78 Å². The number of ether oxygens (including phenoxy) is 1. The van der Waals surface area contributed by atoms with E-state index < -0.39 is 0 Å². The van der Waals surface area contributed by atoms with Gasteiger partial charge >= 0.3 is 0 Å². The molecule has 0 aliphatic heterocycles. The second-order valence-electron chi connectivity index (χ2n) is 4.06. The Morgan fingerprint density at radius 3 is 2.33 bits per heavy atom. The number of carbonyl (C=O) groups is 1. The number of ketones is 1. The van der Waals surface area contributed by atoms with Crippen LogP contribution < -0.4 is 4.74 Å². The standard InChI is InChI=1S/C13H18O2/c1-9(2)12-7-5-6-8-13(12)15-11(4)10(3)14/h5-9,11H,1-4H3. The summed E-state index contributed by atoms with van der Waals surface area (Å²) in [6.07, 6.45) is -0.370. The maximum absolute atomic E-state index is 11.1. The summed E-state index contributed by atoms with van der Waals surface area (Å²) in [4.78, 5) is 11.1. The summed E-state index contributed by atoms with van der Waals surface area (Å²) in [5.74, 6) is 1.27. The van der Waals surface area contributed by atoms with Crippen LogP contribution in [0.1, 0.15) is 39.2 Å². The van der Waals surface area contributed by atoms with E-state index in [2.05, 4.69) is 13.8 Å². The Kier molecular flexibility index (Phi) is 3.89. The molecule has 15 heavy (non-hydrogen) atoms. The number of hydrogen-bond acceptors (Lipinski definition) is 2. The zero-order chi connectivity index (χ0) is 11.4. The van der Waals surface area contributed by atoms with Gasteiger partial charge in [-0.25, -0.2) is 0 Å². The molecule has 1 unspecified atom stereocenters. The van der Waals surface area contributed by atoms with Gasteiger partial charge in [0, 0.05) is 0 Å². The molecule has 1 aromatic rings.